The number of benzene rings is 1. The topological polar surface area (TPSA) is 58.8 Å². The van der Waals surface area contributed by atoms with E-state index in [1.165, 1.54) is 5.56 Å². The van der Waals surface area contributed by atoms with Crippen molar-refractivity contribution in [1.29, 1.82) is 0 Å². The molecule has 2 heterocycles. The predicted molar refractivity (Wildman–Crippen MR) is 94.7 cm³/mol. The smallest absolute Gasteiger partial charge is 0.228 e. The van der Waals surface area contributed by atoms with Gasteiger partial charge in [0, 0.05) is 38.8 Å². The van der Waals surface area contributed by atoms with E-state index in [-0.39, 0.29) is 5.91 Å². The summed E-state index contributed by atoms with van der Waals surface area (Å²) in [5, 5.41) is 3.90. The van der Waals surface area contributed by atoms with Crippen molar-refractivity contribution in [2.75, 3.05) is 39.8 Å². The monoisotopic (exact) mass is 343 g/mol. The maximum absolute atomic E-state index is 12.3. The number of methoxy groups -OCH3 is 1. The molecule has 1 saturated heterocycles. The van der Waals surface area contributed by atoms with Crippen molar-refractivity contribution in [3.05, 3.63) is 47.3 Å². The zero-order valence-corrected chi connectivity index (χ0v) is 14.9. The lowest BCUT2D eigenvalue weighted by molar-refractivity contribution is -0.132. The van der Waals surface area contributed by atoms with Crippen LogP contribution in [0.4, 0.5) is 0 Å². The fourth-order valence-corrected chi connectivity index (χ4v) is 3.10. The highest BCUT2D eigenvalue weighted by Crippen LogP contribution is 2.14. The van der Waals surface area contributed by atoms with E-state index in [1.54, 1.807) is 7.11 Å². The predicted octanol–water partition coefficient (Wildman–Crippen LogP) is 1.92. The maximum atomic E-state index is 12.3. The number of ether oxygens (including phenoxy) is 1. The number of rotatable bonds is 6. The van der Waals surface area contributed by atoms with Gasteiger partial charge in [-0.1, -0.05) is 17.3 Å². The molecule has 0 N–H and O–H groups in total. The highest BCUT2D eigenvalue weighted by atomic mass is 16.5. The van der Waals surface area contributed by atoms with Gasteiger partial charge in [0.05, 0.1) is 19.2 Å². The Hall–Kier alpha value is -2.34. The molecule has 1 aromatic carbocycles. The van der Waals surface area contributed by atoms with E-state index in [2.05, 4.69) is 22.2 Å². The number of piperazine rings is 1. The van der Waals surface area contributed by atoms with Gasteiger partial charge < -0.3 is 14.2 Å². The van der Waals surface area contributed by atoms with Gasteiger partial charge in [-0.3, -0.25) is 9.69 Å². The van der Waals surface area contributed by atoms with Gasteiger partial charge in [-0.05, 0) is 31.0 Å². The van der Waals surface area contributed by atoms with E-state index in [0.29, 0.717) is 12.1 Å². The molecule has 0 spiro atoms. The number of amides is 1. The molecule has 6 nitrogen and oxygen atoms in total. The number of hydrogen-bond acceptors (Lipinski definition) is 5. The van der Waals surface area contributed by atoms with Gasteiger partial charge in [0.2, 0.25) is 5.91 Å². The SMILES string of the molecule is COc1cccc(CCN2CCN(C(=O)Cc3cc(C)on3)CC2)c1. The van der Waals surface area contributed by atoms with Crippen molar-refractivity contribution < 1.29 is 14.1 Å². The molecule has 0 saturated carbocycles. The Kier molecular flexibility index (Phi) is 5.71. The van der Waals surface area contributed by atoms with Crippen LogP contribution in [0.1, 0.15) is 17.0 Å². The minimum absolute atomic E-state index is 0.126. The van der Waals surface area contributed by atoms with Gasteiger partial charge in [0.15, 0.2) is 0 Å². The third kappa shape index (κ3) is 4.82. The Morgan fingerprint density at radius 3 is 2.72 bits per heavy atom. The van der Waals surface area contributed by atoms with Crippen LogP contribution in [-0.2, 0) is 17.6 Å². The summed E-state index contributed by atoms with van der Waals surface area (Å²) in [5.41, 5.74) is 1.99. The fraction of sp³-hybridized carbons (Fsp3) is 0.474. The van der Waals surface area contributed by atoms with Crippen LogP contribution in [0.2, 0.25) is 0 Å². The summed E-state index contributed by atoms with van der Waals surface area (Å²) in [5.74, 6) is 1.77. The average molecular weight is 343 g/mol. The summed E-state index contributed by atoms with van der Waals surface area (Å²) in [4.78, 5) is 16.7. The van der Waals surface area contributed by atoms with E-state index < -0.39 is 0 Å². The third-order valence-corrected chi connectivity index (χ3v) is 4.58. The molecule has 1 amide bonds. The molecule has 2 aromatic rings. The lowest BCUT2D eigenvalue weighted by atomic mass is 10.1. The van der Waals surface area contributed by atoms with Gasteiger partial charge in [-0.2, -0.15) is 0 Å². The van der Waals surface area contributed by atoms with Crippen molar-refractivity contribution in [2.45, 2.75) is 19.8 Å². The molecule has 134 valence electrons. The van der Waals surface area contributed by atoms with Crippen molar-refractivity contribution in [3.8, 4) is 5.75 Å². The molecule has 1 fully saturated rings. The molecule has 0 radical (unpaired) electrons. The van der Waals surface area contributed by atoms with Gasteiger partial charge in [-0.25, -0.2) is 0 Å². The van der Waals surface area contributed by atoms with Gasteiger partial charge in [-0.15, -0.1) is 0 Å². The second-order valence-electron chi connectivity index (χ2n) is 6.43. The summed E-state index contributed by atoms with van der Waals surface area (Å²) < 4.78 is 10.3. The molecule has 1 aliphatic heterocycles. The molecular formula is C19H25N3O3. The summed E-state index contributed by atoms with van der Waals surface area (Å²) in [6.45, 7) is 6.20. The first kappa shape index (κ1) is 17.5. The first-order valence-corrected chi connectivity index (χ1v) is 8.69. The Bertz CT molecular complexity index is 705. The maximum Gasteiger partial charge on any atom is 0.228 e. The van der Waals surface area contributed by atoms with Gasteiger partial charge in [0.1, 0.15) is 11.5 Å². The van der Waals surface area contributed by atoms with Crippen LogP contribution in [0.15, 0.2) is 34.9 Å². The summed E-state index contributed by atoms with van der Waals surface area (Å²) >= 11 is 0. The second-order valence-corrected chi connectivity index (χ2v) is 6.43. The highest BCUT2D eigenvalue weighted by Gasteiger charge is 2.21. The average Bonchev–Trinajstić information content (AvgIpc) is 3.05. The van der Waals surface area contributed by atoms with Gasteiger partial charge in [0.25, 0.3) is 0 Å². The molecule has 0 bridgehead atoms. The molecule has 0 unspecified atom stereocenters. The molecule has 6 heteroatoms. The largest absolute Gasteiger partial charge is 0.497 e. The fourth-order valence-electron chi connectivity index (χ4n) is 3.10. The summed E-state index contributed by atoms with van der Waals surface area (Å²) in [6, 6.07) is 10.0. The lowest BCUT2D eigenvalue weighted by Gasteiger charge is -2.34. The zero-order chi connectivity index (χ0) is 17.6. The minimum Gasteiger partial charge on any atom is -0.497 e. The highest BCUT2D eigenvalue weighted by molar-refractivity contribution is 5.78. The molecular weight excluding hydrogens is 318 g/mol. The number of carbonyl (C=O) groups is 1. The zero-order valence-electron chi connectivity index (χ0n) is 14.9. The standard InChI is InChI=1S/C19H25N3O3/c1-15-12-17(20-25-15)14-19(23)22-10-8-21(9-11-22)7-6-16-4-3-5-18(13-16)24-2/h3-5,12-13H,6-11,14H2,1-2H3. The lowest BCUT2D eigenvalue weighted by Crippen LogP contribution is -2.49. The van der Waals surface area contributed by atoms with Crippen molar-refractivity contribution in [2.24, 2.45) is 0 Å². The second kappa shape index (κ2) is 8.16. The van der Waals surface area contributed by atoms with Crippen LogP contribution in [0.3, 0.4) is 0 Å². The van der Waals surface area contributed by atoms with E-state index in [4.69, 9.17) is 9.26 Å². The van der Waals surface area contributed by atoms with Crippen molar-refractivity contribution >= 4 is 5.91 Å². The third-order valence-electron chi connectivity index (χ3n) is 4.58. The number of carbonyl (C=O) groups excluding carboxylic acids is 1. The van der Waals surface area contributed by atoms with Crippen LogP contribution in [0, 0.1) is 6.92 Å². The van der Waals surface area contributed by atoms with Crippen molar-refractivity contribution in [3.63, 3.8) is 0 Å². The van der Waals surface area contributed by atoms with Crippen LogP contribution in [-0.4, -0.2) is 60.7 Å². The van der Waals surface area contributed by atoms with E-state index in [0.717, 1.165) is 50.7 Å². The molecule has 25 heavy (non-hydrogen) atoms. The first-order chi connectivity index (χ1) is 12.1. The van der Waals surface area contributed by atoms with Crippen LogP contribution < -0.4 is 4.74 Å². The molecule has 1 aromatic heterocycles. The Morgan fingerprint density at radius 1 is 1.24 bits per heavy atom. The Labute approximate surface area is 148 Å². The van der Waals surface area contributed by atoms with Crippen LogP contribution in [0.5, 0.6) is 5.75 Å². The summed E-state index contributed by atoms with van der Waals surface area (Å²) in [6.07, 6.45) is 1.31. The minimum atomic E-state index is 0.126. The van der Waals surface area contributed by atoms with Crippen LogP contribution in [0.25, 0.3) is 0 Å². The van der Waals surface area contributed by atoms with Crippen molar-refractivity contribution in [1.82, 2.24) is 15.0 Å². The number of aryl methyl sites for hydroxylation is 1. The Balaban J connectivity index is 1.42. The molecule has 0 atom stereocenters. The molecule has 3 rings (SSSR count). The normalized spacial score (nSPS) is 15.4. The first-order valence-electron chi connectivity index (χ1n) is 8.69. The van der Waals surface area contributed by atoms with E-state index >= 15 is 0 Å². The number of nitrogens with zero attached hydrogens (tertiary/aromatic N) is 3. The number of aromatic nitrogens is 1. The van der Waals surface area contributed by atoms with E-state index in [9.17, 15) is 4.79 Å². The molecule has 1 aliphatic rings. The quantitative estimate of drug-likeness (QED) is 0.802. The van der Waals surface area contributed by atoms with E-state index in [1.807, 2.05) is 30.0 Å². The molecule has 0 aliphatic carbocycles. The number of hydrogen-bond donors (Lipinski definition) is 0. The Morgan fingerprint density at radius 2 is 2.04 bits per heavy atom. The van der Waals surface area contributed by atoms with Crippen LogP contribution >= 0.6 is 0 Å². The summed E-state index contributed by atoms with van der Waals surface area (Å²) in [7, 11) is 1.69. The van der Waals surface area contributed by atoms with Gasteiger partial charge >= 0.3 is 0 Å².